The van der Waals surface area contributed by atoms with Gasteiger partial charge in [-0.2, -0.15) is 0 Å². The van der Waals surface area contributed by atoms with Crippen LogP contribution >= 0.6 is 0 Å². The van der Waals surface area contributed by atoms with E-state index < -0.39 is 59.7 Å². The SMILES string of the molecule is CCCCCCCCCCCCCC(=O)O[C@@H]1[C@@H](OC(=O)CCCCCCCCCCCCC)[C@H](OCc2ccccc2)O[C@H](CO)[C@H]1OS(=O)(=O)[O-].[Na+]. The van der Waals surface area contributed by atoms with E-state index in [2.05, 4.69) is 13.8 Å². The van der Waals surface area contributed by atoms with E-state index >= 15 is 0 Å². The number of aliphatic hydroxyl groups is 1. The predicted molar refractivity (Wildman–Crippen MR) is 203 cm³/mol. The largest absolute Gasteiger partial charge is 1.00 e. The molecule has 2 rings (SSSR count). The van der Waals surface area contributed by atoms with Gasteiger partial charge in [0, 0.05) is 12.8 Å². The molecule has 1 aromatic rings. The average molecular weight is 793 g/mol. The van der Waals surface area contributed by atoms with E-state index in [-0.39, 0.29) is 49.0 Å². The first kappa shape index (κ1) is 50.9. The zero-order valence-corrected chi connectivity index (χ0v) is 36.4. The fourth-order valence-corrected chi connectivity index (χ4v) is 7.22. The molecule has 1 N–H and O–H groups in total. The Bertz CT molecular complexity index is 1190. The standard InChI is InChI=1S/C41H70O11S.Na/c1-3-5-7-9-11-13-15-17-19-21-26-30-36(43)50-39-38(52-53(45,46)47)35(32-42)49-41(48-33-34-28-24-23-25-29-34)40(39)51-37(44)31-27-22-20-18-16-14-12-10-8-6-4-2;/h23-25,28-29,35,38-42H,3-22,26-27,30-33H2,1-2H3,(H,45,46,47);/q;+1/p-1/t35-,38-,39+,40-,41-;/m1./s1. The molecule has 306 valence electrons. The van der Waals surface area contributed by atoms with E-state index in [1.54, 1.807) is 0 Å². The molecule has 1 aliphatic rings. The molecule has 0 aliphatic carbocycles. The van der Waals surface area contributed by atoms with Gasteiger partial charge in [0.2, 0.25) is 10.4 Å². The summed E-state index contributed by atoms with van der Waals surface area (Å²) < 4.78 is 63.8. The van der Waals surface area contributed by atoms with Crippen molar-refractivity contribution in [1.82, 2.24) is 0 Å². The van der Waals surface area contributed by atoms with Gasteiger partial charge in [0.15, 0.2) is 18.5 Å². The van der Waals surface area contributed by atoms with E-state index in [1.165, 1.54) is 83.5 Å². The zero-order chi connectivity index (χ0) is 38.6. The number of rotatable bonds is 32. The summed E-state index contributed by atoms with van der Waals surface area (Å²) in [5.41, 5.74) is 0.772. The molecule has 1 heterocycles. The summed E-state index contributed by atoms with van der Waals surface area (Å²) in [5.74, 6) is -1.28. The number of unbranched alkanes of at least 4 members (excludes halogenated alkanes) is 20. The third kappa shape index (κ3) is 23.9. The molecule has 1 aromatic carbocycles. The molecule has 0 aromatic heterocycles. The Balaban J connectivity index is 0.0000146. The second kappa shape index (κ2) is 31.9. The van der Waals surface area contributed by atoms with Gasteiger partial charge in [-0.15, -0.1) is 0 Å². The maximum atomic E-state index is 13.2. The summed E-state index contributed by atoms with van der Waals surface area (Å²) in [6.07, 6.45) is 16.8. The van der Waals surface area contributed by atoms with Crippen LogP contribution in [0.2, 0.25) is 0 Å². The molecule has 0 bridgehead atoms. The van der Waals surface area contributed by atoms with Crippen LogP contribution in [0.15, 0.2) is 30.3 Å². The molecule has 1 fully saturated rings. The number of hydrogen-bond donors (Lipinski definition) is 1. The van der Waals surface area contributed by atoms with Gasteiger partial charge in [0.1, 0.15) is 12.2 Å². The summed E-state index contributed by atoms with van der Waals surface area (Å²) in [6.45, 7) is 3.66. The van der Waals surface area contributed by atoms with E-state index in [4.69, 9.17) is 23.1 Å². The van der Waals surface area contributed by atoms with E-state index in [9.17, 15) is 27.7 Å². The van der Waals surface area contributed by atoms with Crippen molar-refractivity contribution in [3.05, 3.63) is 35.9 Å². The van der Waals surface area contributed by atoms with Crippen LogP contribution in [0.25, 0.3) is 0 Å². The third-order valence-electron chi connectivity index (χ3n) is 9.76. The first-order valence-electron chi connectivity index (χ1n) is 20.6. The first-order chi connectivity index (χ1) is 25.7. The Morgan fingerprint density at radius 1 is 0.648 bits per heavy atom. The van der Waals surface area contributed by atoms with Gasteiger partial charge in [-0.3, -0.25) is 13.8 Å². The number of carbonyl (C=O) groups is 2. The van der Waals surface area contributed by atoms with Crippen LogP contribution in [0.4, 0.5) is 0 Å². The summed E-state index contributed by atoms with van der Waals surface area (Å²) >= 11 is 0. The Hall–Kier alpha value is -1.09. The van der Waals surface area contributed by atoms with Crippen molar-refractivity contribution < 1.29 is 80.4 Å². The van der Waals surface area contributed by atoms with Crippen molar-refractivity contribution in [1.29, 1.82) is 0 Å². The number of benzene rings is 1. The fourth-order valence-electron chi connectivity index (χ4n) is 6.71. The summed E-state index contributed by atoms with van der Waals surface area (Å²) in [7, 11) is -5.35. The van der Waals surface area contributed by atoms with E-state index in [1.807, 2.05) is 30.3 Å². The van der Waals surface area contributed by atoms with Crippen LogP contribution in [0.3, 0.4) is 0 Å². The Morgan fingerprint density at radius 3 is 1.46 bits per heavy atom. The normalized spacial score (nSPS) is 20.0. The first-order valence-corrected chi connectivity index (χ1v) is 22.0. The number of hydrogen-bond acceptors (Lipinski definition) is 11. The molecule has 0 unspecified atom stereocenters. The van der Waals surface area contributed by atoms with Crippen molar-refractivity contribution in [2.24, 2.45) is 0 Å². The van der Waals surface area contributed by atoms with Crippen molar-refractivity contribution in [2.75, 3.05) is 6.61 Å². The maximum Gasteiger partial charge on any atom is 1.00 e. The summed E-state index contributed by atoms with van der Waals surface area (Å²) in [6, 6.07) is 9.13. The van der Waals surface area contributed by atoms with Gasteiger partial charge in [-0.25, -0.2) is 8.42 Å². The Labute approximate surface area is 348 Å². The van der Waals surface area contributed by atoms with Crippen LogP contribution < -0.4 is 29.6 Å². The van der Waals surface area contributed by atoms with Gasteiger partial charge in [-0.05, 0) is 18.4 Å². The minimum Gasteiger partial charge on any atom is -0.726 e. The molecule has 0 saturated carbocycles. The van der Waals surface area contributed by atoms with Gasteiger partial charge in [0.25, 0.3) is 0 Å². The van der Waals surface area contributed by atoms with Gasteiger partial charge in [-0.1, -0.05) is 173 Å². The van der Waals surface area contributed by atoms with Gasteiger partial charge < -0.3 is 28.6 Å². The number of carbonyl (C=O) groups excluding carboxylic acids is 2. The molecule has 1 aliphatic heterocycles. The number of esters is 2. The third-order valence-corrected chi connectivity index (χ3v) is 10.2. The second-order valence-corrected chi connectivity index (χ2v) is 15.5. The Morgan fingerprint density at radius 2 is 1.06 bits per heavy atom. The molecule has 13 heteroatoms. The average Bonchev–Trinajstić information content (AvgIpc) is 3.13. The van der Waals surface area contributed by atoms with E-state index in [0.717, 1.165) is 50.5 Å². The zero-order valence-electron chi connectivity index (χ0n) is 33.6. The van der Waals surface area contributed by atoms with Crippen LogP contribution in [0, 0.1) is 0 Å². The minimum absolute atomic E-state index is 0. The molecule has 0 spiro atoms. The molecule has 0 radical (unpaired) electrons. The van der Waals surface area contributed by atoms with Gasteiger partial charge >= 0.3 is 41.5 Å². The second-order valence-electron chi connectivity index (χ2n) is 14.5. The molecular formula is C41H69NaO11S. The van der Waals surface area contributed by atoms with Crippen molar-refractivity contribution in [2.45, 2.75) is 205 Å². The van der Waals surface area contributed by atoms with Crippen LogP contribution in [0.1, 0.15) is 174 Å². The smallest absolute Gasteiger partial charge is 0.726 e. The molecule has 1 saturated heterocycles. The molecule has 0 amide bonds. The summed E-state index contributed by atoms with van der Waals surface area (Å²) in [5, 5.41) is 10.2. The minimum atomic E-state index is -5.35. The molecule has 54 heavy (non-hydrogen) atoms. The maximum absolute atomic E-state index is 13.2. The van der Waals surface area contributed by atoms with Gasteiger partial charge in [0.05, 0.1) is 13.2 Å². The summed E-state index contributed by atoms with van der Waals surface area (Å²) in [4.78, 5) is 26.4. The Kier molecular flexibility index (Phi) is 30.1. The molecule has 11 nitrogen and oxygen atoms in total. The van der Waals surface area contributed by atoms with Crippen LogP contribution in [0.5, 0.6) is 0 Å². The van der Waals surface area contributed by atoms with Crippen molar-refractivity contribution in [3.8, 4) is 0 Å². The topological polar surface area (TPSA) is 158 Å². The number of ether oxygens (including phenoxy) is 4. The number of aliphatic hydroxyl groups excluding tert-OH is 1. The fraction of sp³-hybridized carbons (Fsp3) is 0.805. The van der Waals surface area contributed by atoms with E-state index in [0.29, 0.717) is 12.8 Å². The quantitative estimate of drug-likeness (QED) is 0.0300. The van der Waals surface area contributed by atoms with Crippen LogP contribution in [-0.4, -0.2) is 67.3 Å². The molecule has 5 atom stereocenters. The van der Waals surface area contributed by atoms with Crippen molar-refractivity contribution in [3.63, 3.8) is 0 Å². The van der Waals surface area contributed by atoms with Crippen molar-refractivity contribution >= 4 is 22.3 Å². The monoisotopic (exact) mass is 792 g/mol. The molecular weight excluding hydrogens is 723 g/mol. The van der Waals surface area contributed by atoms with Crippen LogP contribution in [-0.2, 0) is 49.7 Å². The predicted octanol–water partition coefficient (Wildman–Crippen LogP) is 6.00.